The molecule has 0 fully saturated rings. The molecular formula is C15H18ClFN2O2. The quantitative estimate of drug-likeness (QED) is 0.944. The van der Waals surface area contributed by atoms with Gasteiger partial charge in [-0.2, -0.15) is 0 Å². The molecule has 1 unspecified atom stereocenters. The smallest absolute Gasteiger partial charge is 0.289 e. The summed E-state index contributed by atoms with van der Waals surface area (Å²) in [5.74, 6) is -0.152. The lowest BCUT2D eigenvalue weighted by Crippen LogP contribution is -2.39. The van der Waals surface area contributed by atoms with Crippen LogP contribution in [0.5, 0.6) is 0 Å². The average Bonchev–Trinajstić information content (AvgIpc) is 2.94. The Labute approximate surface area is 129 Å². The number of nitrogens with zero attached hydrogens (tertiary/aromatic N) is 1. The van der Waals surface area contributed by atoms with Crippen LogP contribution in [-0.2, 0) is 0 Å². The summed E-state index contributed by atoms with van der Waals surface area (Å²) in [6, 6.07) is 9.31. The van der Waals surface area contributed by atoms with Crippen LogP contribution in [-0.4, -0.2) is 30.4 Å². The number of hydrogen-bond acceptors (Lipinski definition) is 3. The summed E-state index contributed by atoms with van der Waals surface area (Å²) < 4.78 is 19.1. The molecule has 0 saturated heterocycles. The van der Waals surface area contributed by atoms with E-state index >= 15 is 0 Å². The van der Waals surface area contributed by atoms with E-state index in [4.69, 9.17) is 10.2 Å². The fourth-order valence-electron chi connectivity index (χ4n) is 1.79. The molecule has 0 saturated carbocycles. The van der Waals surface area contributed by atoms with Crippen LogP contribution in [0.2, 0.25) is 0 Å². The van der Waals surface area contributed by atoms with Crippen molar-refractivity contribution >= 4 is 18.3 Å². The number of carbonyl (C=O) groups excluding carboxylic acids is 1. The first kappa shape index (κ1) is 17.2. The molecule has 2 rings (SSSR count). The fraction of sp³-hybridized carbons (Fsp3) is 0.267. The van der Waals surface area contributed by atoms with Crippen LogP contribution in [0.4, 0.5) is 4.39 Å². The van der Waals surface area contributed by atoms with Gasteiger partial charge in [0.1, 0.15) is 11.6 Å². The second-order valence-electron chi connectivity index (χ2n) is 4.64. The van der Waals surface area contributed by atoms with Crippen LogP contribution in [0.1, 0.15) is 17.5 Å². The van der Waals surface area contributed by atoms with Gasteiger partial charge in [-0.05, 0) is 31.2 Å². The van der Waals surface area contributed by atoms with Crippen molar-refractivity contribution in [1.82, 2.24) is 4.90 Å². The zero-order valence-corrected chi connectivity index (χ0v) is 12.7. The zero-order chi connectivity index (χ0) is 14.7. The first-order valence-electron chi connectivity index (χ1n) is 6.36. The lowest BCUT2D eigenvalue weighted by Gasteiger charge is -2.22. The number of amides is 1. The molecule has 4 nitrogen and oxygen atoms in total. The lowest BCUT2D eigenvalue weighted by atomic mass is 10.1. The number of hydrogen-bond donors (Lipinski definition) is 1. The van der Waals surface area contributed by atoms with E-state index in [0.717, 1.165) is 0 Å². The number of likely N-dealkylation sites (N-methyl/N-ethyl adjacent to an activating group) is 1. The molecule has 0 aliphatic heterocycles. The molecular weight excluding hydrogens is 295 g/mol. The van der Waals surface area contributed by atoms with E-state index in [1.165, 1.54) is 11.0 Å². The summed E-state index contributed by atoms with van der Waals surface area (Å²) >= 11 is 0. The van der Waals surface area contributed by atoms with E-state index in [-0.39, 0.29) is 35.9 Å². The minimum atomic E-state index is -0.385. The normalized spacial score (nSPS) is 11.6. The van der Waals surface area contributed by atoms with Gasteiger partial charge in [-0.1, -0.05) is 12.1 Å². The zero-order valence-electron chi connectivity index (χ0n) is 11.9. The summed E-state index contributed by atoms with van der Waals surface area (Å²) in [5.41, 5.74) is 5.87. The monoisotopic (exact) mass is 312 g/mol. The van der Waals surface area contributed by atoms with E-state index in [0.29, 0.717) is 17.9 Å². The Balaban J connectivity index is 0.00000220. The number of halogens is 2. The van der Waals surface area contributed by atoms with Crippen LogP contribution in [0.3, 0.4) is 0 Å². The molecule has 0 radical (unpaired) electrons. The number of furan rings is 1. The van der Waals surface area contributed by atoms with Gasteiger partial charge < -0.3 is 15.1 Å². The molecule has 114 valence electrons. The number of carbonyl (C=O) groups is 1. The summed E-state index contributed by atoms with van der Waals surface area (Å²) in [6.07, 6.45) is 0. The third-order valence-corrected chi connectivity index (χ3v) is 3.28. The minimum Gasteiger partial charge on any atom is -0.451 e. The summed E-state index contributed by atoms with van der Waals surface area (Å²) in [4.78, 5) is 13.7. The van der Waals surface area contributed by atoms with E-state index in [1.807, 2.05) is 6.92 Å². The Morgan fingerprint density at radius 3 is 2.62 bits per heavy atom. The number of nitrogens with two attached hydrogens (primary N) is 1. The van der Waals surface area contributed by atoms with E-state index < -0.39 is 0 Å². The van der Waals surface area contributed by atoms with Crippen LogP contribution >= 0.6 is 12.4 Å². The maximum Gasteiger partial charge on any atom is 0.289 e. The van der Waals surface area contributed by atoms with Crippen molar-refractivity contribution in [1.29, 1.82) is 0 Å². The third kappa shape index (κ3) is 3.62. The first-order valence-corrected chi connectivity index (χ1v) is 6.36. The maximum atomic E-state index is 13.7. The maximum absolute atomic E-state index is 13.7. The largest absolute Gasteiger partial charge is 0.451 e. The molecule has 1 atom stereocenters. The predicted molar refractivity (Wildman–Crippen MR) is 82.0 cm³/mol. The Morgan fingerprint density at radius 2 is 2.00 bits per heavy atom. The van der Waals surface area contributed by atoms with Crippen LogP contribution in [0.25, 0.3) is 11.3 Å². The average molecular weight is 313 g/mol. The lowest BCUT2D eigenvalue weighted by molar-refractivity contribution is 0.0717. The molecule has 1 aromatic carbocycles. The van der Waals surface area contributed by atoms with Gasteiger partial charge in [0, 0.05) is 19.6 Å². The second kappa shape index (κ2) is 7.24. The van der Waals surface area contributed by atoms with Crippen LogP contribution in [0.15, 0.2) is 40.8 Å². The molecule has 21 heavy (non-hydrogen) atoms. The predicted octanol–water partition coefficient (Wildman–Crippen LogP) is 2.93. The van der Waals surface area contributed by atoms with Gasteiger partial charge in [-0.15, -0.1) is 12.4 Å². The van der Waals surface area contributed by atoms with Crippen LogP contribution < -0.4 is 5.73 Å². The molecule has 0 aliphatic carbocycles. The Kier molecular flexibility index (Phi) is 5.93. The number of benzene rings is 1. The highest BCUT2D eigenvalue weighted by atomic mass is 35.5. The second-order valence-corrected chi connectivity index (χ2v) is 4.64. The molecule has 1 amide bonds. The van der Waals surface area contributed by atoms with E-state index in [1.54, 1.807) is 37.4 Å². The molecule has 2 aromatic rings. The molecule has 0 bridgehead atoms. The number of rotatable bonds is 4. The standard InChI is InChI=1S/C15H17FN2O2.ClH/c1-10(9-17)18(2)15(19)14-8-7-13(20-14)11-5-3-4-6-12(11)16;/h3-8,10H,9,17H2,1-2H3;1H. The third-order valence-electron chi connectivity index (χ3n) is 3.28. The SMILES string of the molecule is CC(CN)N(C)C(=O)c1ccc(-c2ccccc2F)o1.Cl. The van der Waals surface area contributed by atoms with Crippen molar-refractivity contribution in [3.63, 3.8) is 0 Å². The molecule has 1 aromatic heterocycles. The van der Waals surface area contributed by atoms with E-state index in [9.17, 15) is 9.18 Å². The van der Waals surface area contributed by atoms with Crippen molar-refractivity contribution in [2.24, 2.45) is 5.73 Å². The van der Waals surface area contributed by atoms with Crippen molar-refractivity contribution in [2.45, 2.75) is 13.0 Å². The van der Waals surface area contributed by atoms with Crippen molar-refractivity contribution in [2.75, 3.05) is 13.6 Å². The van der Waals surface area contributed by atoms with Gasteiger partial charge >= 0.3 is 0 Å². The highest BCUT2D eigenvalue weighted by Gasteiger charge is 2.20. The summed E-state index contributed by atoms with van der Waals surface area (Å²) in [5, 5.41) is 0. The molecule has 2 N–H and O–H groups in total. The minimum absolute atomic E-state index is 0. The van der Waals surface area contributed by atoms with Crippen LogP contribution in [0, 0.1) is 5.82 Å². The molecule has 1 heterocycles. The molecule has 0 spiro atoms. The highest BCUT2D eigenvalue weighted by molar-refractivity contribution is 5.92. The van der Waals surface area contributed by atoms with Crippen molar-refractivity contribution in [3.8, 4) is 11.3 Å². The summed E-state index contributed by atoms with van der Waals surface area (Å²) in [6.45, 7) is 2.21. The van der Waals surface area contributed by atoms with Crippen molar-refractivity contribution in [3.05, 3.63) is 48.0 Å². The molecule has 6 heteroatoms. The Bertz CT molecular complexity index is 615. The Hall–Kier alpha value is -1.85. The van der Waals surface area contributed by atoms with Gasteiger partial charge in [-0.25, -0.2) is 4.39 Å². The van der Waals surface area contributed by atoms with Gasteiger partial charge in [0.05, 0.1) is 5.56 Å². The first-order chi connectivity index (χ1) is 9.54. The fourth-order valence-corrected chi connectivity index (χ4v) is 1.79. The molecule has 0 aliphatic rings. The van der Waals surface area contributed by atoms with Gasteiger partial charge in [0.25, 0.3) is 5.91 Å². The Morgan fingerprint density at radius 1 is 1.33 bits per heavy atom. The highest BCUT2D eigenvalue weighted by Crippen LogP contribution is 2.25. The summed E-state index contributed by atoms with van der Waals surface area (Å²) in [7, 11) is 1.66. The van der Waals surface area contributed by atoms with Gasteiger partial charge in [-0.3, -0.25) is 4.79 Å². The van der Waals surface area contributed by atoms with Crippen molar-refractivity contribution < 1.29 is 13.6 Å². The van der Waals surface area contributed by atoms with E-state index in [2.05, 4.69) is 0 Å². The van der Waals surface area contributed by atoms with Gasteiger partial charge in [0.2, 0.25) is 0 Å². The van der Waals surface area contributed by atoms with Gasteiger partial charge in [0.15, 0.2) is 5.76 Å². The topological polar surface area (TPSA) is 59.5 Å².